The number of hydrogen-bond acceptors (Lipinski definition) is 6. The van der Waals surface area contributed by atoms with Crippen LogP contribution in [0.4, 0.5) is 11.5 Å². The van der Waals surface area contributed by atoms with Crippen molar-refractivity contribution in [2.24, 2.45) is 0 Å². The van der Waals surface area contributed by atoms with E-state index in [0.717, 1.165) is 11.3 Å². The van der Waals surface area contributed by atoms with Crippen LogP contribution in [0.15, 0.2) is 54.6 Å². The van der Waals surface area contributed by atoms with Crippen LogP contribution in [0.5, 0.6) is 11.5 Å². The van der Waals surface area contributed by atoms with Crippen molar-refractivity contribution < 1.29 is 14.3 Å². The van der Waals surface area contributed by atoms with Crippen LogP contribution in [0, 0.1) is 6.92 Å². The molecule has 0 radical (unpaired) electrons. The zero-order valence-corrected chi connectivity index (χ0v) is 14.7. The van der Waals surface area contributed by atoms with E-state index in [1.54, 1.807) is 12.1 Å². The van der Waals surface area contributed by atoms with Crippen LogP contribution in [0.3, 0.4) is 0 Å². The highest BCUT2D eigenvalue weighted by Gasteiger charge is 2.14. The molecule has 0 saturated heterocycles. The Bertz CT molecular complexity index is 956. The summed E-state index contributed by atoms with van der Waals surface area (Å²) in [5.41, 5.74) is 3.26. The number of ether oxygens (including phenoxy) is 2. The highest BCUT2D eigenvalue weighted by molar-refractivity contribution is 5.92. The lowest BCUT2D eigenvalue weighted by Crippen LogP contribution is -2.24. The third kappa shape index (κ3) is 3.98. The Kier molecular flexibility index (Phi) is 4.57. The van der Waals surface area contributed by atoms with E-state index < -0.39 is 0 Å². The first kappa shape index (κ1) is 16.8. The van der Waals surface area contributed by atoms with Crippen molar-refractivity contribution in [1.82, 2.24) is 15.5 Å². The Morgan fingerprint density at radius 2 is 1.81 bits per heavy atom. The van der Waals surface area contributed by atoms with Crippen LogP contribution in [0.2, 0.25) is 0 Å². The summed E-state index contributed by atoms with van der Waals surface area (Å²) < 4.78 is 10.6. The molecule has 2 aromatic carbocycles. The minimum absolute atomic E-state index is 0.226. The van der Waals surface area contributed by atoms with Gasteiger partial charge in [0, 0.05) is 12.2 Å². The van der Waals surface area contributed by atoms with Crippen molar-refractivity contribution in [3.05, 3.63) is 71.4 Å². The number of carbonyl (C=O) groups is 1. The number of nitrogens with zero attached hydrogens (tertiary/aromatic N) is 2. The summed E-state index contributed by atoms with van der Waals surface area (Å²) in [6.07, 6.45) is 0. The monoisotopic (exact) mass is 362 g/mol. The minimum atomic E-state index is -0.290. The first-order valence-corrected chi connectivity index (χ1v) is 8.51. The maximum Gasteiger partial charge on any atom is 0.272 e. The van der Waals surface area contributed by atoms with Gasteiger partial charge in [-0.1, -0.05) is 23.8 Å². The third-order valence-corrected chi connectivity index (χ3v) is 4.11. The van der Waals surface area contributed by atoms with Gasteiger partial charge in [-0.2, -0.15) is 0 Å². The van der Waals surface area contributed by atoms with Gasteiger partial charge < -0.3 is 20.1 Å². The second-order valence-corrected chi connectivity index (χ2v) is 6.17. The number of rotatable bonds is 5. The third-order valence-electron chi connectivity index (χ3n) is 4.11. The molecule has 0 aliphatic carbocycles. The van der Waals surface area contributed by atoms with Gasteiger partial charge in [0.15, 0.2) is 23.0 Å². The number of amides is 1. The Morgan fingerprint density at radius 3 is 2.59 bits per heavy atom. The number of nitrogens with one attached hydrogen (secondary N) is 2. The van der Waals surface area contributed by atoms with Gasteiger partial charge in [0.1, 0.15) is 0 Å². The van der Waals surface area contributed by atoms with Gasteiger partial charge in [-0.15, -0.1) is 10.2 Å². The Morgan fingerprint density at radius 1 is 1.00 bits per heavy atom. The molecule has 2 heterocycles. The van der Waals surface area contributed by atoms with Gasteiger partial charge in [-0.25, -0.2) is 0 Å². The molecule has 0 atom stereocenters. The molecule has 0 fully saturated rings. The maximum absolute atomic E-state index is 12.3. The SMILES string of the molecule is Cc1ccc(Nc2ccc(C(=O)NCc3ccc4c(c3)OCO4)nn2)cc1. The van der Waals surface area contributed by atoms with Crippen molar-refractivity contribution in [3.63, 3.8) is 0 Å². The van der Waals surface area contributed by atoms with Crippen molar-refractivity contribution >= 4 is 17.4 Å². The minimum Gasteiger partial charge on any atom is -0.454 e. The lowest BCUT2D eigenvalue weighted by atomic mass is 10.2. The van der Waals surface area contributed by atoms with Gasteiger partial charge in [0.2, 0.25) is 6.79 Å². The molecule has 0 spiro atoms. The van der Waals surface area contributed by atoms with Crippen molar-refractivity contribution in [3.8, 4) is 11.5 Å². The van der Waals surface area contributed by atoms with E-state index in [-0.39, 0.29) is 18.4 Å². The van der Waals surface area contributed by atoms with E-state index in [0.29, 0.717) is 23.9 Å². The predicted molar refractivity (Wildman–Crippen MR) is 100 cm³/mol. The molecule has 0 unspecified atom stereocenters. The fourth-order valence-electron chi connectivity index (χ4n) is 2.63. The fraction of sp³-hybridized carbons (Fsp3) is 0.150. The second kappa shape index (κ2) is 7.33. The smallest absolute Gasteiger partial charge is 0.272 e. The lowest BCUT2D eigenvalue weighted by molar-refractivity contribution is 0.0945. The number of aromatic nitrogens is 2. The molecule has 136 valence electrons. The molecule has 1 amide bonds. The average molecular weight is 362 g/mol. The van der Waals surface area contributed by atoms with Crippen molar-refractivity contribution in [2.45, 2.75) is 13.5 Å². The zero-order valence-electron chi connectivity index (χ0n) is 14.7. The van der Waals surface area contributed by atoms with Gasteiger partial charge in [0.25, 0.3) is 5.91 Å². The normalized spacial score (nSPS) is 11.9. The summed E-state index contributed by atoms with van der Waals surface area (Å²) in [4.78, 5) is 12.3. The second-order valence-electron chi connectivity index (χ2n) is 6.17. The molecule has 0 saturated carbocycles. The summed E-state index contributed by atoms with van der Waals surface area (Å²) in [7, 11) is 0. The summed E-state index contributed by atoms with van der Waals surface area (Å²) in [6.45, 7) is 2.62. The van der Waals surface area contributed by atoms with Crippen molar-refractivity contribution in [2.75, 3.05) is 12.1 Å². The van der Waals surface area contributed by atoms with E-state index in [1.807, 2.05) is 49.4 Å². The van der Waals surface area contributed by atoms with Crippen molar-refractivity contribution in [1.29, 1.82) is 0 Å². The lowest BCUT2D eigenvalue weighted by Gasteiger charge is -2.07. The van der Waals surface area contributed by atoms with Crippen LogP contribution in [-0.2, 0) is 6.54 Å². The number of benzene rings is 2. The molecule has 7 heteroatoms. The molecular formula is C20H18N4O3. The summed E-state index contributed by atoms with van der Waals surface area (Å²) in [5.74, 6) is 1.69. The van der Waals surface area contributed by atoms with E-state index in [9.17, 15) is 4.79 Å². The topological polar surface area (TPSA) is 85.4 Å². The molecular weight excluding hydrogens is 344 g/mol. The first-order valence-electron chi connectivity index (χ1n) is 8.51. The Labute approximate surface area is 156 Å². The highest BCUT2D eigenvalue weighted by Crippen LogP contribution is 2.32. The summed E-state index contributed by atoms with van der Waals surface area (Å²) >= 11 is 0. The Balaban J connectivity index is 1.35. The number of aryl methyl sites for hydroxylation is 1. The number of anilines is 2. The highest BCUT2D eigenvalue weighted by atomic mass is 16.7. The molecule has 2 N–H and O–H groups in total. The fourth-order valence-corrected chi connectivity index (χ4v) is 2.63. The standard InChI is InChI=1S/C20H18N4O3/c1-13-2-5-15(6-3-13)22-19-9-7-16(23-24-19)20(25)21-11-14-4-8-17-18(10-14)27-12-26-17/h2-10H,11-12H2,1H3,(H,21,25)(H,22,24). The van der Waals surface area contributed by atoms with E-state index in [2.05, 4.69) is 20.8 Å². The van der Waals surface area contributed by atoms with Gasteiger partial charge in [0.05, 0.1) is 0 Å². The van der Waals surface area contributed by atoms with Crippen LogP contribution < -0.4 is 20.1 Å². The molecule has 27 heavy (non-hydrogen) atoms. The Hall–Kier alpha value is -3.61. The largest absolute Gasteiger partial charge is 0.454 e. The summed E-state index contributed by atoms with van der Waals surface area (Å²) in [6, 6.07) is 16.9. The van der Waals surface area contributed by atoms with E-state index >= 15 is 0 Å². The average Bonchev–Trinajstić information content (AvgIpc) is 3.16. The maximum atomic E-state index is 12.3. The first-order chi connectivity index (χ1) is 13.2. The van der Waals surface area contributed by atoms with Crippen LogP contribution in [-0.4, -0.2) is 22.9 Å². The molecule has 4 rings (SSSR count). The molecule has 1 aliphatic heterocycles. The molecule has 1 aliphatic rings. The van der Waals surface area contributed by atoms with Gasteiger partial charge in [-0.3, -0.25) is 4.79 Å². The molecule has 3 aromatic rings. The van der Waals surface area contributed by atoms with E-state index in [4.69, 9.17) is 9.47 Å². The molecule has 7 nitrogen and oxygen atoms in total. The quantitative estimate of drug-likeness (QED) is 0.725. The predicted octanol–water partition coefficient (Wildman–Crippen LogP) is 3.19. The summed E-state index contributed by atoms with van der Waals surface area (Å²) in [5, 5.41) is 14.0. The zero-order chi connectivity index (χ0) is 18.6. The van der Waals surface area contributed by atoms with Gasteiger partial charge in [-0.05, 0) is 48.9 Å². The van der Waals surface area contributed by atoms with Crippen LogP contribution >= 0.6 is 0 Å². The number of hydrogen-bond donors (Lipinski definition) is 2. The van der Waals surface area contributed by atoms with Gasteiger partial charge >= 0.3 is 0 Å². The van der Waals surface area contributed by atoms with E-state index in [1.165, 1.54) is 5.56 Å². The number of fused-ring (bicyclic) bond motifs is 1. The molecule has 1 aromatic heterocycles. The van der Waals surface area contributed by atoms with Crippen LogP contribution in [0.25, 0.3) is 0 Å². The number of carbonyl (C=O) groups excluding carboxylic acids is 1. The molecule has 0 bridgehead atoms. The van der Waals surface area contributed by atoms with Crippen LogP contribution in [0.1, 0.15) is 21.6 Å².